The van der Waals surface area contributed by atoms with E-state index in [-0.39, 0.29) is 37.4 Å². The Morgan fingerprint density at radius 2 is 1.85 bits per heavy atom. The molecule has 2 atom stereocenters. The van der Waals surface area contributed by atoms with Gasteiger partial charge in [-0.3, -0.25) is 9.59 Å². The number of Topliss-reactive ketones (excluding diaryl/α,β-unsaturated/α-hetero) is 2. The fourth-order valence-corrected chi connectivity index (χ4v) is 2.95. The molecule has 0 bridgehead atoms. The number of carbonyl (C=O) groups is 3. The smallest absolute Gasteiger partial charge is 0.331 e. The molecule has 5 heteroatoms. The van der Waals surface area contributed by atoms with Gasteiger partial charge >= 0.3 is 5.97 Å². The van der Waals surface area contributed by atoms with Crippen molar-refractivity contribution in [1.82, 2.24) is 0 Å². The Kier molecular flexibility index (Phi) is 7.08. The Labute approximate surface area is 160 Å². The van der Waals surface area contributed by atoms with Crippen molar-refractivity contribution in [3.8, 4) is 0 Å². The third kappa shape index (κ3) is 6.14. The first kappa shape index (κ1) is 21.0. The lowest BCUT2D eigenvalue weighted by atomic mass is 9.86. The number of hydrogen-bond acceptors (Lipinski definition) is 5. The quantitative estimate of drug-likeness (QED) is 0.578. The van der Waals surface area contributed by atoms with Crippen molar-refractivity contribution in [3.63, 3.8) is 0 Å². The lowest BCUT2D eigenvalue weighted by Crippen LogP contribution is -2.27. The minimum Gasteiger partial charge on any atom is -0.463 e. The van der Waals surface area contributed by atoms with Crippen LogP contribution < -0.4 is 0 Å². The van der Waals surface area contributed by atoms with E-state index in [0.29, 0.717) is 5.57 Å². The van der Waals surface area contributed by atoms with Gasteiger partial charge in [-0.25, -0.2) is 4.79 Å². The predicted molar refractivity (Wildman–Crippen MR) is 102 cm³/mol. The van der Waals surface area contributed by atoms with Crippen molar-refractivity contribution in [3.05, 3.63) is 47.5 Å². The van der Waals surface area contributed by atoms with Gasteiger partial charge in [-0.05, 0) is 12.5 Å². The lowest BCUT2D eigenvalue weighted by Gasteiger charge is -2.24. The van der Waals surface area contributed by atoms with Gasteiger partial charge in [0.1, 0.15) is 5.78 Å². The van der Waals surface area contributed by atoms with E-state index in [1.807, 2.05) is 51.1 Å². The van der Waals surface area contributed by atoms with E-state index in [2.05, 4.69) is 0 Å². The van der Waals surface area contributed by atoms with Gasteiger partial charge in [0.05, 0.1) is 18.8 Å². The standard InChI is InChI=1S/C22H28O5/c1-5-26-21(25)12-16-11-17(13-20(24)22(2,3)4)27-19(14-18(16)23)15-9-7-6-8-10-15/h6-10,12,17,19H,5,11,13-14H2,1-4H3/b16-12+/t17-,19-/m0/s1. The highest BCUT2D eigenvalue weighted by molar-refractivity contribution is 6.01. The molecule has 0 radical (unpaired) electrons. The van der Waals surface area contributed by atoms with Crippen LogP contribution in [0.2, 0.25) is 0 Å². The summed E-state index contributed by atoms with van der Waals surface area (Å²) in [6.07, 6.45) is 0.897. The second-order valence-electron chi connectivity index (χ2n) is 7.79. The highest BCUT2D eigenvalue weighted by Crippen LogP contribution is 2.33. The molecule has 146 valence electrons. The Morgan fingerprint density at radius 1 is 1.19 bits per heavy atom. The van der Waals surface area contributed by atoms with Crippen molar-refractivity contribution in [2.45, 2.75) is 59.2 Å². The summed E-state index contributed by atoms with van der Waals surface area (Å²) in [6.45, 7) is 7.54. The van der Waals surface area contributed by atoms with Crippen molar-refractivity contribution in [1.29, 1.82) is 0 Å². The molecule has 1 heterocycles. The van der Waals surface area contributed by atoms with E-state index < -0.39 is 23.6 Å². The molecule has 5 nitrogen and oxygen atoms in total. The monoisotopic (exact) mass is 372 g/mol. The summed E-state index contributed by atoms with van der Waals surface area (Å²) in [7, 11) is 0. The summed E-state index contributed by atoms with van der Waals surface area (Å²) in [5, 5.41) is 0. The van der Waals surface area contributed by atoms with Crippen LogP contribution >= 0.6 is 0 Å². The van der Waals surface area contributed by atoms with Crippen LogP contribution in [0, 0.1) is 5.41 Å². The van der Waals surface area contributed by atoms with Crippen molar-refractivity contribution >= 4 is 17.5 Å². The van der Waals surface area contributed by atoms with E-state index >= 15 is 0 Å². The topological polar surface area (TPSA) is 69.7 Å². The highest BCUT2D eigenvalue weighted by atomic mass is 16.5. The van der Waals surface area contributed by atoms with Crippen molar-refractivity contribution in [2.24, 2.45) is 5.41 Å². The van der Waals surface area contributed by atoms with Crippen LogP contribution in [0.5, 0.6) is 0 Å². The maximum atomic E-state index is 12.7. The number of hydrogen-bond donors (Lipinski definition) is 0. The van der Waals surface area contributed by atoms with Crippen molar-refractivity contribution in [2.75, 3.05) is 6.61 Å². The molecule has 1 aliphatic rings. The second-order valence-corrected chi connectivity index (χ2v) is 7.79. The summed E-state index contributed by atoms with van der Waals surface area (Å²) in [5.74, 6) is -0.633. The first-order valence-corrected chi connectivity index (χ1v) is 9.35. The number of benzene rings is 1. The molecule has 0 unspecified atom stereocenters. The van der Waals surface area contributed by atoms with Gasteiger partial charge in [0.2, 0.25) is 0 Å². The van der Waals surface area contributed by atoms with Gasteiger partial charge < -0.3 is 9.47 Å². The molecular formula is C22H28O5. The molecule has 1 aromatic rings. The largest absolute Gasteiger partial charge is 0.463 e. The molecule has 0 saturated carbocycles. The lowest BCUT2D eigenvalue weighted by molar-refractivity contribution is -0.137. The fraction of sp³-hybridized carbons (Fsp3) is 0.500. The Morgan fingerprint density at radius 3 is 2.44 bits per heavy atom. The molecular weight excluding hydrogens is 344 g/mol. The van der Waals surface area contributed by atoms with Crippen LogP contribution in [0.4, 0.5) is 0 Å². The fourth-order valence-electron chi connectivity index (χ4n) is 2.95. The molecule has 1 saturated heterocycles. The molecule has 27 heavy (non-hydrogen) atoms. The van der Waals surface area contributed by atoms with Gasteiger partial charge in [-0.15, -0.1) is 0 Å². The molecule has 1 aromatic carbocycles. The van der Waals surface area contributed by atoms with Crippen LogP contribution in [0.3, 0.4) is 0 Å². The molecule has 2 rings (SSSR count). The first-order valence-electron chi connectivity index (χ1n) is 9.35. The summed E-state index contributed by atoms with van der Waals surface area (Å²) in [5.41, 5.74) is 0.752. The van der Waals surface area contributed by atoms with E-state index in [9.17, 15) is 14.4 Å². The second kappa shape index (κ2) is 9.09. The van der Waals surface area contributed by atoms with Gasteiger partial charge in [-0.2, -0.15) is 0 Å². The Hall–Kier alpha value is -2.27. The van der Waals surface area contributed by atoms with E-state index in [4.69, 9.17) is 9.47 Å². The van der Waals surface area contributed by atoms with Crippen LogP contribution in [0.15, 0.2) is 42.0 Å². The minimum absolute atomic E-state index is 0.0594. The summed E-state index contributed by atoms with van der Waals surface area (Å²) >= 11 is 0. The maximum Gasteiger partial charge on any atom is 0.331 e. The van der Waals surface area contributed by atoms with Gasteiger partial charge in [0.15, 0.2) is 5.78 Å². The van der Waals surface area contributed by atoms with Crippen LogP contribution in [0.1, 0.15) is 58.6 Å². The highest BCUT2D eigenvalue weighted by Gasteiger charge is 2.33. The normalized spacial score (nSPS) is 22.4. The molecule has 0 spiro atoms. The zero-order chi connectivity index (χ0) is 20.0. The maximum absolute atomic E-state index is 12.7. The average Bonchev–Trinajstić information content (AvgIpc) is 2.74. The first-order chi connectivity index (χ1) is 12.7. The summed E-state index contributed by atoms with van der Waals surface area (Å²) < 4.78 is 11.1. The van der Waals surface area contributed by atoms with Crippen LogP contribution in [0.25, 0.3) is 0 Å². The zero-order valence-electron chi connectivity index (χ0n) is 16.5. The van der Waals surface area contributed by atoms with Crippen molar-refractivity contribution < 1.29 is 23.9 Å². The van der Waals surface area contributed by atoms with E-state index in [1.54, 1.807) is 6.92 Å². The molecule has 0 amide bonds. The SMILES string of the molecule is CCOC(=O)/C=C1\C[C@@H](CC(=O)C(C)(C)C)O[C@H](c2ccccc2)CC1=O. The molecule has 1 fully saturated rings. The molecule has 0 aromatic heterocycles. The average molecular weight is 372 g/mol. The predicted octanol–water partition coefficient (Wildman–Crippen LogP) is 3.97. The zero-order valence-corrected chi connectivity index (χ0v) is 16.5. The minimum atomic E-state index is -0.542. The van der Waals surface area contributed by atoms with Crippen LogP contribution in [-0.2, 0) is 23.9 Å². The van der Waals surface area contributed by atoms with Gasteiger partial charge in [0.25, 0.3) is 0 Å². The van der Waals surface area contributed by atoms with E-state index in [1.165, 1.54) is 6.08 Å². The Bertz CT molecular complexity index is 712. The number of esters is 1. The number of ketones is 2. The molecule has 0 N–H and O–H groups in total. The molecule has 1 aliphatic heterocycles. The number of carbonyl (C=O) groups excluding carboxylic acids is 3. The van der Waals surface area contributed by atoms with Crippen LogP contribution in [-0.4, -0.2) is 30.2 Å². The van der Waals surface area contributed by atoms with Gasteiger partial charge in [-0.1, -0.05) is 51.1 Å². The van der Waals surface area contributed by atoms with E-state index in [0.717, 1.165) is 5.56 Å². The Balaban J connectivity index is 2.30. The third-order valence-corrected chi connectivity index (χ3v) is 4.53. The number of ether oxygens (including phenoxy) is 2. The third-order valence-electron chi connectivity index (χ3n) is 4.53. The summed E-state index contributed by atoms with van der Waals surface area (Å²) in [6, 6.07) is 9.48. The van der Waals surface area contributed by atoms with Gasteiger partial charge in [0, 0.05) is 36.3 Å². The molecule has 0 aliphatic carbocycles. The number of rotatable bonds is 5. The summed E-state index contributed by atoms with van der Waals surface area (Å²) in [4.78, 5) is 37.1.